The molecule has 0 saturated carbocycles. The second-order valence-electron chi connectivity index (χ2n) is 7.92. The normalized spacial score (nSPS) is 13.0. The second-order valence-corrected chi connectivity index (χ2v) is 7.92. The molecule has 0 saturated heterocycles. The quantitative estimate of drug-likeness (QED) is 0.224. The number of hydrogen-bond donors (Lipinski definition) is 0. The van der Waals surface area contributed by atoms with E-state index in [2.05, 4.69) is 17.0 Å². The van der Waals surface area contributed by atoms with Gasteiger partial charge in [-0.2, -0.15) is 0 Å². The predicted molar refractivity (Wildman–Crippen MR) is 126 cm³/mol. The molecule has 3 aromatic carbocycles. The van der Waals surface area contributed by atoms with Crippen molar-refractivity contribution in [2.45, 2.75) is 20.7 Å². The number of benzene rings is 3. The van der Waals surface area contributed by atoms with Crippen molar-refractivity contribution in [1.82, 2.24) is 0 Å². The summed E-state index contributed by atoms with van der Waals surface area (Å²) in [6.07, 6.45) is 1.69. The lowest BCUT2D eigenvalue weighted by atomic mass is 9.97. The van der Waals surface area contributed by atoms with Crippen LogP contribution in [0, 0.1) is 27.3 Å². The van der Waals surface area contributed by atoms with Crippen molar-refractivity contribution in [1.29, 1.82) is 0 Å². The van der Waals surface area contributed by atoms with Crippen LogP contribution in [0.3, 0.4) is 0 Å². The van der Waals surface area contributed by atoms with Crippen molar-refractivity contribution in [2.75, 3.05) is 0 Å². The van der Waals surface area contributed by atoms with Crippen molar-refractivity contribution in [3.63, 3.8) is 0 Å². The van der Waals surface area contributed by atoms with Crippen molar-refractivity contribution in [3.05, 3.63) is 95.0 Å². The maximum atomic E-state index is 7.85. The Bertz CT molecular complexity index is 1620. The summed E-state index contributed by atoms with van der Waals surface area (Å²) in [6.45, 7) is 9.39. The molecule has 0 radical (unpaired) electrons. The molecule has 5 rings (SSSR count). The van der Waals surface area contributed by atoms with E-state index >= 15 is 0 Å². The topological polar surface area (TPSA) is 21.4 Å². The fraction of sp³-hybridized carbons (Fsp3) is 0.143. The van der Waals surface area contributed by atoms with Crippen LogP contribution in [0.1, 0.15) is 20.8 Å². The van der Waals surface area contributed by atoms with Crippen LogP contribution in [0.15, 0.2) is 71.3 Å². The highest BCUT2D eigenvalue weighted by atomic mass is 16.3. The number of furan rings is 1. The third-order valence-corrected chi connectivity index (χ3v) is 5.92. The van der Waals surface area contributed by atoms with Crippen molar-refractivity contribution >= 4 is 27.6 Å². The molecule has 0 aliphatic heterocycles. The molecule has 5 aromatic rings. The molecule has 31 heavy (non-hydrogen) atoms. The van der Waals surface area contributed by atoms with E-state index in [0.29, 0.717) is 22.4 Å². The van der Waals surface area contributed by atoms with Gasteiger partial charge in [-0.15, -0.1) is 0 Å². The lowest BCUT2D eigenvalue weighted by Gasteiger charge is -2.07. The Morgan fingerprint density at radius 1 is 0.871 bits per heavy atom. The minimum absolute atomic E-state index is 0.334. The highest BCUT2D eigenvalue weighted by Gasteiger charge is 2.23. The van der Waals surface area contributed by atoms with Crippen LogP contribution in [0.25, 0.3) is 49.2 Å². The van der Waals surface area contributed by atoms with Gasteiger partial charge >= 0.3 is 0 Å². The molecule has 3 heteroatoms. The summed E-state index contributed by atoms with van der Waals surface area (Å²) in [4.78, 5) is 3.76. The Balaban J connectivity index is 1.87. The maximum absolute atomic E-state index is 7.85. The molecular weight excluding hydrogens is 380 g/mol. The van der Waals surface area contributed by atoms with Crippen LogP contribution in [-0.4, -0.2) is 0 Å². The van der Waals surface area contributed by atoms with Crippen LogP contribution in [-0.2, 0) is 7.05 Å². The lowest BCUT2D eigenvalue weighted by Crippen LogP contribution is -2.31. The molecular formula is C28H23N2O+. The molecule has 0 N–H and O–H groups in total. The molecule has 0 unspecified atom stereocenters. The van der Waals surface area contributed by atoms with Crippen LogP contribution >= 0.6 is 0 Å². The van der Waals surface area contributed by atoms with E-state index in [9.17, 15) is 0 Å². The number of hydrogen-bond acceptors (Lipinski definition) is 1. The van der Waals surface area contributed by atoms with E-state index in [1.807, 2.05) is 74.0 Å². The Morgan fingerprint density at radius 3 is 2.29 bits per heavy atom. The van der Waals surface area contributed by atoms with Crippen molar-refractivity contribution in [3.8, 4) is 22.4 Å². The van der Waals surface area contributed by atoms with Gasteiger partial charge in [-0.05, 0) is 37.4 Å². The number of fused-ring (bicyclic) bond motifs is 3. The Kier molecular flexibility index (Phi) is 3.64. The average molecular weight is 407 g/mol. The first kappa shape index (κ1) is 15.9. The Morgan fingerprint density at radius 2 is 1.58 bits per heavy atom. The van der Waals surface area contributed by atoms with E-state index in [1.165, 1.54) is 0 Å². The number of rotatable bonds is 2. The van der Waals surface area contributed by atoms with Gasteiger partial charge in [0.2, 0.25) is 5.69 Å². The zero-order valence-electron chi connectivity index (χ0n) is 20.7. The maximum Gasteiger partial charge on any atom is 0.216 e. The van der Waals surface area contributed by atoms with Gasteiger partial charge in [-0.1, -0.05) is 54.6 Å². The van der Waals surface area contributed by atoms with Crippen molar-refractivity contribution in [2.24, 2.45) is 7.05 Å². The van der Waals surface area contributed by atoms with E-state index in [1.54, 1.807) is 6.20 Å². The number of nitrogens with zero attached hydrogens (tertiary/aromatic N) is 2. The van der Waals surface area contributed by atoms with Crippen LogP contribution in [0.4, 0.5) is 5.69 Å². The van der Waals surface area contributed by atoms with Gasteiger partial charge in [-0.3, -0.25) is 0 Å². The molecule has 150 valence electrons. The first-order valence-corrected chi connectivity index (χ1v) is 10.1. The highest BCUT2D eigenvalue weighted by molar-refractivity contribution is 6.15. The van der Waals surface area contributed by atoms with Gasteiger partial charge in [0.25, 0.3) is 0 Å². The molecule has 0 atom stereocenters. The fourth-order valence-corrected chi connectivity index (χ4v) is 4.29. The molecule has 0 bridgehead atoms. The van der Waals surface area contributed by atoms with Crippen LogP contribution in [0.5, 0.6) is 0 Å². The lowest BCUT2D eigenvalue weighted by molar-refractivity contribution is -0.660. The SMILES string of the molecule is [2H]C([2H])([2H])c1c[n+](C)c(-c2c(C)ccc3c2oc2c(-c4ccccc4)c([N+]#[C-])ccc23)cc1C. The van der Waals surface area contributed by atoms with Gasteiger partial charge in [0.1, 0.15) is 18.2 Å². The summed E-state index contributed by atoms with van der Waals surface area (Å²) < 4.78 is 32.0. The van der Waals surface area contributed by atoms with E-state index in [-0.39, 0.29) is 0 Å². The molecule has 0 aliphatic rings. The average Bonchev–Trinajstić information content (AvgIpc) is 3.18. The highest BCUT2D eigenvalue weighted by Crippen LogP contribution is 2.44. The van der Waals surface area contributed by atoms with Crippen LogP contribution in [0.2, 0.25) is 0 Å². The molecule has 0 aliphatic carbocycles. The van der Waals surface area contributed by atoms with Gasteiger partial charge in [0, 0.05) is 32.1 Å². The minimum Gasteiger partial charge on any atom is -0.456 e. The summed E-state index contributed by atoms with van der Waals surface area (Å²) in [6, 6.07) is 19.7. The van der Waals surface area contributed by atoms with Gasteiger partial charge in [0.05, 0.1) is 12.1 Å². The molecule has 0 amide bonds. The Labute approximate surface area is 186 Å². The summed E-state index contributed by atoms with van der Waals surface area (Å²) in [5.74, 6) is 0. The predicted octanol–water partition coefficient (Wildman–Crippen LogP) is 7.22. The molecule has 0 spiro atoms. The van der Waals surface area contributed by atoms with E-state index in [0.717, 1.165) is 44.3 Å². The fourth-order valence-electron chi connectivity index (χ4n) is 4.29. The van der Waals surface area contributed by atoms with E-state index < -0.39 is 6.85 Å². The minimum atomic E-state index is -2.18. The first-order valence-electron chi connectivity index (χ1n) is 11.6. The van der Waals surface area contributed by atoms with Crippen molar-refractivity contribution < 1.29 is 13.1 Å². The van der Waals surface area contributed by atoms with Crippen LogP contribution < -0.4 is 4.57 Å². The third-order valence-electron chi connectivity index (χ3n) is 5.92. The summed E-state index contributed by atoms with van der Waals surface area (Å²) in [5, 5.41) is 1.91. The summed E-state index contributed by atoms with van der Waals surface area (Å²) in [7, 11) is 1.86. The van der Waals surface area contributed by atoms with Gasteiger partial charge in [0.15, 0.2) is 11.9 Å². The largest absolute Gasteiger partial charge is 0.456 e. The first-order chi connectivity index (χ1) is 16.2. The smallest absolute Gasteiger partial charge is 0.216 e. The van der Waals surface area contributed by atoms with Gasteiger partial charge in [-0.25, -0.2) is 9.41 Å². The van der Waals surface area contributed by atoms with Gasteiger partial charge < -0.3 is 4.42 Å². The number of pyridine rings is 1. The standard InChI is InChI=1S/C28H23N2O/c1-17-11-12-21-22-13-14-23(29-4)26(20-9-7-6-8-10-20)28(22)31-27(21)25(17)24-15-18(2)19(3)16-30(24)5/h6-16H,1-3,5H3/q+1/i3D3. The summed E-state index contributed by atoms with van der Waals surface area (Å²) in [5.41, 5.74) is 7.52. The third kappa shape index (κ3) is 2.92. The monoisotopic (exact) mass is 406 g/mol. The Hall–Kier alpha value is -3.90. The number of aromatic nitrogens is 1. The zero-order chi connectivity index (χ0) is 24.2. The summed E-state index contributed by atoms with van der Waals surface area (Å²) >= 11 is 0. The molecule has 0 fully saturated rings. The molecule has 3 nitrogen and oxygen atoms in total. The van der Waals surface area contributed by atoms with E-state index in [4.69, 9.17) is 15.1 Å². The molecule has 2 heterocycles. The second kappa shape index (κ2) is 7.11. The molecule has 2 aromatic heterocycles. The number of aryl methyl sites for hydroxylation is 4. The zero-order valence-corrected chi connectivity index (χ0v) is 17.7.